The van der Waals surface area contributed by atoms with Gasteiger partial charge in [-0.2, -0.15) is 5.10 Å². The third-order valence-corrected chi connectivity index (χ3v) is 3.75. The van der Waals surface area contributed by atoms with E-state index in [1.165, 1.54) is 6.26 Å². The zero-order valence-electron chi connectivity index (χ0n) is 13.4. The summed E-state index contributed by atoms with van der Waals surface area (Å²) in [6.45, 7) is 1.91. The first-order valence-corrected chi connectivity index (χ1v) is 7.59. The number of benzene rings is 1. The Balaban J connectivity index is 1.61. The van der Waals surface area contributed by atoms with E-state index in [1.807, 2.05) is 31.3 Å². The van der Waals surface area contributed by atoms with Crippen LogP contribution in [0.2, 0.25) is 0 Å². The number of hydrogen-bond acceptors (Lipinski definition) is 4. The van der Waals surface area contributed by atoms with E-state index in [1.54, 1.807) is 23.7 Å². The van der Waals surface area contributed by atoms with Crippen molar-refractivity contribution < 1.29 is 14.0 Å². The number of aromatic nitrogens is 2. The van der Waals surface area contributed by atoms with Crippen molar-refractivity contribution >= 4 is 22.7 Å². The molecule has 3 aromatic rings. The number of amides is 2. The van der Waals surface area contributed by atoms with Crippen molar-refractivity contribution in [3.63, 3.8) is 0 Å². The lowest BCUT2D eigenvalue weighted by atomic mass is 10.2. The van der Waals surface area contributed by atoms with Crippen LogP contribution in [0.15, 0.2) is 47.1 Å². The van der Waals surface area contributed by atoms with E-state index >= 15 is 0 Å². The smallest absolute Gasteiger partial charge is 0.287 e. The summed E-state index contributed by atoms with van der Waals surface area (Å²) in [6, 6.07) is 10.3. The SMILES string of the molecule is CC(NC(=O)c1ccco1)C(=O)NCc1nn(C)c2ccccc12. The molecule has 0 aliphatic rings. The quantitative estimate of drug-likeness (QED) is 0.745. The lowest BCUT2D eigenvalue weighted by Crippen LogP contribution is -2.44. The van der Waals surface area contributed by atoms with Crippen LogP contribution in [0.25, 0.3) is 10.9 Å². The molecular weight excluding hydrogens is 308 g/mol. The molecule has 0 bridgehead atoms. The van der Waals surface area contributed by atoms with Crippen molar-refractivity contribution in [1.29, 1.82) is 0 Å². The van der Waals surface area contributed by atoms with Gasteiger partial charge in [-0.25, -0.2) is 0 Å². The predicted octanol–water partition coefficient (Wildman–Crippen LogP) is 1.60. The number of hydrogen-bond donors (Lipinski definition) is 2. The van der Waals surface area contributed by atoms with Crippen molar-refractivity contribution in [1.82, 2.24) is 20.4 Å². The molecule has 2 N–H and O–H groups in total. The summed E-state index contributed by atoms with van der Waals surface area (Å²) >= 11 is 0. The molecule has 2 heterocycles. The van der Waals surface area contributed by atoms with Gasteiger partial charge in [-0.05, 0) is 25.1 Å². The largest absolute Gasteiger partial charge is 0.459 e. The van der Waals surface area contributed by atoms with Gasteiger partial charge in [-0.1, -0.05) is 18.2 Å². The van der Waals surface area contributed by atoms with Crippen molar-refractivity contribution in [3.8, 4) is 0 Å². The van der Waals surface area contributed by atoms with E-state index in [2.05, 4.69) is 15.7 Å². The second kappa shape index (κ2) is 6.57. The van der Waals surface area contributed by atoms with Gasteiger partial charge in [0.15, 0.2) is 5.76 Å². The van der Waals surface area contributed by atoms with Crippen LogP contribution in [0.5, 0.6) is 0 Å². The molecule has 1 unspecified atom stereocenters. The first-order chi connectivity index (χ1) is 11.6. The fourth-order valence-electron chi connectivity index (χ4n) is 2.48. The average molecular weight is 326 g/mol. The van der Waals surface area contributed by atoms with E-state index in [4.69, 9.17) is 4.42 Å². The molecule has 2 aromatic heterocycles. The summed E-state index contributed by atoms with van der Waals surface area (Å²) in [7, 11) is 1.86. The van der Waals surface area contributed by atoms with Gasteiger partial charge in [0.05, 0.1) is 24.0 Å². The summed E-state index contributed by atoms with van der Waals surface area (Å²) in [5, 5.41) is 10.8. The van der Waals surface area contributed by atoms with Crippen LogP contribution in [0.3, 0.4) is 0 Å². The van der Waals surface area contributed by atoms with Crippen LogP contribution in [0, 0.1) is 0 Å². The van der Waals surface area contributed by atoms with Crippen LogP contribution in [0.1, 0.15) is 23.2 Å². The minimum atomic E-state index is -0.683. The minimum Gasteiger partial charge on any atom is -0.459 e. The van der Waals surface area contributed by atoms with E-state index < -0.39 is 11.9 Å². The third-order valence-electron chi connectivity index (χ3n) is 3.75. The molecule has 24 heavy (non-hydrogen) atoms. The van der Waals surface area contributed by atoms with Crippen molar-refractivity contribution in [2.24, 2.45) is 7.05 Å². The van der Waals surface area contributed by atoms with Gasteiger partial charge >= 0.3 is 0 Å². The van der Waals surface area contributed by atoms with Crippen LogP contribution >= 0.6 is 0 Å². The highest BCUT2D eigenvalue weighted by Gasteiger charge is 2.18. The summed E-state index contributed by atoms with van der Waals surface area (Å²) in [6.07, 6.45) is 1.41. The molecule has 0 saturated heterocycles. The maximum atomic E-state index is 12.2. The monoisotopic (exact) mass is 326 g/mol. The maximum absolute atomic E-state index is 12.2. The topological polar surface area (TPSA) is 89.2 Å². The first kappa shape index (κ1) is 15.8. The van der Waals surface area contributed by atoms with Crippen molar-refractivity contribution in [2.45, 2.75) is 19.5 Å². The Hall–Kier alpha value is -3.09. The molecule has 1 atom stereocenters. The molecule has 0 spiro atoms. The molecule has 7 nitrogen and oxygen atoms in total. The number of furan rings is 1. The zero-order valence-corrected chi connectivity index (χ0v) is 13.4. The Morgan fingerprint density at radius 3 is 2.79 bits per heavy atom. The number of para-hydroxylation sites is 1. The molecule has 2 amide bonds. The highest BCUT2D eigenvalue weighted by atomic mass is 16.3. The van der Waals surface area contributed by atoms with E-state index in [9.17, 15) is 9.59 Å². The first-order valence-electron chi connectivity index (χ1n) is 7.59. The lowest BCUT2D eigenvalue weighted by molar-refractivity contribution is -0.122. The molecule has 0 radical (unpaired) electrons. The second-order valence-electron chi connectivity index (χ2n) is 5.48. The standard InChI is InChI=1S/C17H18N4O3/c1-11(19-17(23)15-8-5-9-24-15)16(22)18-10-13-12-6-3-4-7-14(12)21(2)20-13/h3-9,11H,10H2,1-2H3,(H,18,22)(H,19,23). The summed E-state index contributed by atoms with van der Waals surface area (Å²) in [4.78, 5) is 24.0. The molecule has 1 aromatic carbocycles. The number of fused-ring (bicyclic) bond motifs is 1. The summed E-state index contributed by atoms with van der Waals surface area (Å²) in [5.41, 5.74) is 1.78. The Bertz CT molecular complexity index is 867. The third kappa shape index (κ3) is 3.15. The van der Waals surface area contributed by atoms with E-state index in [-0.39, 0.29) is 11.7 Å². The molecule has 0 aliphatic heterocycles. The van der Waals surface area contributed by atoms with Crippen LogP contribution in [-0.4, -0.2) is 27.6 Å². The normalized spacial score (nSPS) is 12.1. The van der Waals surface area contributed by atoms with Crippen LogP contribution < -0.4 is 10.6 Å². The number of carbonyl (C=O) groups is 2. The molecule has 0 fully saturated rings. The van der Waals surface area contributed by atoms with Gasteiger partial charge in [0.2, 0.25) is 5.91 Å². The lowest BCUT2D eigenvalue weighted by Gasteiger charge is -2.12. The second-order valence-corrected chi connectivity index (χ2v) is 5.48. The maximum Gasteiger partial charge on any atom is 0.287 e. The van der Waals surface area contributed by atoms with Gasteiger partial charge in [-0.15, -0.1) is 0 Å². The van der Waals surface area contributed by atoms with Crippen LogP contribution in [-0.2, 0) is 18.4 Å². The Kier molecular flexibility index (Phi) is 4.33. The van der Waals surface area contributed by atoms with Gasteiger partial charge in [0.1, 0.15) is 6.04 Å². The summed E-state index contributed by atoms with van der Waals surface area (Å²) in [5.74, 6) is -0.541. The molecule has 124 valence electrons. The molecule has 0 aliphatic carbocycles. The zero-order chi connectivity index (χ0) is 17.1. The van der Waals surface area contributed by atoms with E-state index in [0.29, 0.717) is 6.54 Å². The molecular formula is C17H18N4O3. The van der Waals surface area contributed by atoms with Crippen molar-refractivity contribution in [2.75, 3.05) is 0 Å². The molecule has 3 rings (SSSR count). The Morgan fingerprint density at radius 2 is 2.04 bits per heavy atom. The highest BCUT2D eigenvalue weighted by molar-refractivity contribution is 5.95. The number of carbonyl (C=O) groups excluding carboxylic acids is 2. The molecule has 0 saturated carbocycles. The van der Waals surface area contributed by atoms with Gasteiger partial charge in [-0.3, -0.25) is 14.3 Å². The van der Waals surface area contributed by atoms with Gasteiger partial charge in [0.25, 0.3) is 5.91 Å². The highest BCUT2D eigenvalue weighted by Crippen LogP contribution is 2.17. The number of aryl methyl sites for hydroxylation is 1. The van der Waals surface area contributed by atoms with Crippen molar-refractivity contribution in [3.05, 3.63) is 54.1 Å². The van der Waals surface area contributed by atoms with Gasteiger partial charge in [0, 0.05) is 12.4 Å². The predicted molar refractivity (Wildman–Crippen MR) is 88.2 cm³/mol. The Labute approximate surface area is 138 Å². The fourth-order valence-corrected chi connectivity index (χ4v) is 2.48. The number of rotatable bonds is 5. The molecule has 7 heteroatoms. The minimum absolute atomic E-state index is 0.172. The fraction of sp³-hybridized carbons (Fsp3) is 0.235. The summed E-state index contributed by atoms with van der Waals surface area (Å²) < 4.78 is 6.78. The van der Waals surface area contributed by atoms with Gasteiger partial charge < -0.3 is 15.1 Å². The van der Waals surface area contributed by atoms with E-state index in [0.717, 1.165) is 16.6 Å². The Morgan fingerprint density at radius 1 is 1.25 bits per heavy atom. The van der Waals surface area contributed by atoms with Crippen LogP contribution in [0.4, 0.5) is 0 Å². The average Bonchev–Trinajstić information content (AvgIpc) is 3.22. The number of nitrogens with one attached hydrogen (secondary N) is 2. The number of nitrogens with zero attached hydrogens (tertiary/aromatic N) is 2.